The molecule has 0 aromatic heterocycles. The molecule has 2 aromatic carbocycles. The largest absolute Gasteiger partial charge is 0.289 e. The van der Waals surface area contributed by atoms with Gasteiger partial charge in [-0.2, -0.15) is 0 Å². The average Bonchev–Trinajstić information content (AvgIpc) is 2.38. The number of carbonyl (C=O) groups is 1. The number of ketones is 1. The van der Waals surface area contributed by atoms with Gasteiger partial charge < -0.3 is 0 Å². The van der Waals surface area contributed by atoms with Gasteiger partial charge in [0.1, 0.15) is 0 Å². The summed E-state index contributed by atoms with van der Waals surface area (Å²) in [4.78, 5) is 11.7. The monoisotopic (exact) mass is 219 g/mol. The molecule has 0 bridgehead atoms. The maximum absolute atomic E-state index is 11.7. The minimum absolute atomic E-state index is 0. The van der Waals surface area contributed by atoms with Gasteiger partial charge in [0, 0.05) is 14.0 Å². The molecule has 0 aliphatic heterocycles. The molecule has 3 radical (unpaired) electrons. The Bertz CT molecular complexity index is 489. The van der Waals surface area contributed by atoms with Crippen molar-refractivity contribution < 1.29 is 4.79 Å². The van der Waals surface area contributed by atoms with Crippen molar-refractivity contribution in [2.45, 2.75) is 0 Å². The average molecular weight is 219 g/mol. The molecular weight excluding hydrogens is 207 g/mol. The van der Waals surface area contributed by atoms with E-state index in [0.29, 0.717) is 0 Å². The summed E-state index contributed by atoms with van der Waals surface area (Å²) < 4.78 is 0. The van der Waals surface area contributed by atoms with Crippen LogP contribution in [0.25, 0.3) is 6.08 Å². The Morgan fingerprint density at radius 3 is 1.94 bits per heavy atom. The molecule has 0 saturated heterocycles. The normalized spacial score (nSPS) is 9.88. The lowest BCUT2D eigenvalue weighted by Gasteiger charge is -1.94. The van der Waals surface area contributed by atoms with Crippen molar-refractivity contribution in [2.24, 2.45) is 0 Å². The Morgan fingerprint density at radius 2 is 1.35 bits per heavy atom. The second kappa shape index (κ2) is 6.49. The fraction of sp³-hybridized carbons (Fsp3) is 0. The Hall–Kier alpha value is -2.09. The predicted octanol–water partition coefficient (Wildman–Crippen LogP) is 3.20. The molecule has 0 unspecified atom stereocenters. The van der Waals surface area contributed by atoms with Crippen molar-refractivity contribution in [3.05, 3.63) is 77.9 Å². The smallest absolute Gasteiger partial charge is 0.185 e. The van der Waals surface area contributed by atoms with Crippen LogP contribution in [-0.4, -0.2) is 14.2 Å². The van der Waals surface area contributed by atoms with Gasteiger partial charge in [0.25, 0.3) is 0 Å². The van der Waals surface area contributed by atoms with Crippen molar-refractivity contribution in [3.63, 3.8) is 0 Å². The van der Waals surface area contributed by atoms with Gasteiger partial charge in [0.2, 0.25) is 0 Å². The number of benzene rings is 2. The van der Waals surface area contributed by atoms with Crippen LogP contribution in [-0.2, 0) is 0 Å². The molecule has 2 aromatic rings. The van der Waals surface area contributed by atoms with E-state index < -0.39 is 0 Å². The zero-order valence-electron chi connectivity index (χ0n) is 9.41. The summed E-state index contributed by atoms with van der Waals surface area (Å²) >= 11 is 0. The summed E-state index contributed by atoms with van der Waals surface area (Å²) in [6, 6.07) is 19.1. The summed E-state index contributed by atoms with van der Waals surface area (Å²) in [6.07, 6.45) is 3.43. The van der Waals surface area contributed by atoms with Crippen LogP contribution < -0.4 is 0 Å². The minimum atomic E-state index is 0. The fourth-order valence-corrected chi connectivity index (χ4v) is 1.43. The van der Waals surface area contributed by atoms with Crippen LogP contribution in [0.4, 0.5) is 0 Å². The molecule has 17 heavy (non-hydrogen) atoms. The summed E-state index contributed by atoms with van der Waals surface area (Å²) in [5.41, 5.74) is 1.75. The highest BCUT2D eigenvalue weighted by Gasteiger charge is 1.98. The van der Waals surface area contributed by atoms with Gasteiger partial charge in [0.15, 0.2) is 5.78 Å². The van der Waals surface area contributed by atoms with E-state index in [2.05, 4.69) is 0 Å². The molecule has 1 nitrogen and oxygen atoms in total. The molecule has 0 fully saturated rings. The Morgan fingerprint density at radius 1 is 0.824 bits per heavy atom. The van der Waals surface area contributed by atoms with Gasteiger partial charge in [-0.05, 0) is 11.6 Å². The number of rotatable bonds is 3. The lowest BCUT2D eigenvalue weighted by molar-refractivity contribution is 0.104. The minimum Gasteiger partial charge on any atom is -0.289 e. The third-order valence-electron chi connectivity index (χ3n) is 2.29. The SMILES string of the molecule is O=C(/C=C/c1ccccc1)c1ccccc1.[B]. The highest BCUT2D eigenvalue weighted by Crippen LogP contribution is 2.05. The molecule has 0 N–H and O–H groups in total. The Kier molecular flexibility index (Phi) is 4.95. The summed E-state index contributed by atoms with van der Waals surface area (Å²) in [7, 11) is 0. The lowest BCUT2D eigenvalue weighted by atomic mass is 10.1. The quantitative estimate of drug-likeness (QED) is 0.440. The summed E-state index contributed by atoms with van der Waals surface area (Å²) in [6.45, 7) is 0. The lowest BCUT2D eigenvalue weighted by Crippen LogP contribution is -1.92. The number of hydrogen-bond acceptors (Lipinski definition) is 1. The van der Waals surface area contributed by atoms with Crippen LogP contribution in [0, 0.1) is 0 Å². The third kappa shape index (κ3) is 3.76. The molecule has 0 saturated carbocycles. The van der Waals surface area contributed by atoms with E-state index in [1.165, 1.54) is 0 Å². The first kappa shape index (κ1) is 13.0. The van der Waals surface area contributed by atoms with E-state index in [0.717, 1.165) is 11.1 Å². The first-order chi connectivity index (χ1) is 7.86. The molecule has 0 aliphatic rings. The third-order valence-corrected chi connectivity index (χ3v) is 2.29. The van der Waals surface area contributed by atoms with E-state index in [-0.39, 0.29) is 14.2 Å². The van der Waals surface area contributed by atoms with Crippen molar-refractivity contribution in [3.8, 4) is 0 Å². The Balaban J connectivity index is 0.00000144. The van der Waals surface area contributed by atoms with Crippen LogP contribution in [0.3, 0.4) is 0 Å². The maximum atomic E-state index is 11.7. The van der Waals surface area contributed by atoms with E-state index in [9.17, 15) is 4.79 Å². The van der Waals surface area contributed by atoms with Crippen molar-refractivity contribution in [2.75, 3.05) is 0 Å². The van der Waals surface area contributed by atoms with Gasteiger partial charge in [0.05, 0.1) is 0 Å². The first-order valence-electron chi connectivity index (χ1n) is 5.19. The van der Waals surface area contributed by atoms with Gasteiger partial charge in [-0.15, -0.1) is 0 Å². The van der Waals surface area contributed by atoms with Crippen LogP contribution in [0.1, 0.15) is 15.9 Å². The standard InChI is InChI=1S/C15H12O.B/c16-15(14-9-5-2-6-10-14)12-11-13-7-3-1-4-8-13;/h1-12H;/b12-11+;. The van der Waals surface area contributed by atoms with Gasteiger partial charge >= 0.3 is 0 Å². The molecule has 0 heterocycles. The molecule has 0 atom stereocenters. The molecule has 81 valence electrons. The van der Waals surface area contributed by atoms with Crippen LogP contribution in [0.15, 0.2) is 66.7 Å². The zero-order chi connectivity index (χ0) is 11.2. The van der Waals surface area contributed by atoms with E-state index in [4.69, 9.17) is 0 Å². The summed E-state index contributed by atoms with van der Waals surface area (Å²) in [5, 5.41) is 0. The van der Waals surface area contributed by atoms with Crippen LogP contribution >= 0.6 is 0 Å². The zero-order valence-corrected chi connectivity index (χ0v) is 9.41. The maximum Gasteiger partial charge on any atom is 0.185 e. The van der Waals surface area contributed by atoms with Crippen molar-refractivity contribution >= 4 is 20.3 Å². The van der Waals surface area contributed by atoms with Crippen molar-refractivity contribution in [1.82, 2.24) is 0 Å². The van der Waals surface area contributed by atoms with E-state index in [1.54, 1.807) is 6.08 Å². The van der Waals surface area contributed by atoms with Crippen molar-refractivity contribution in [1.29, 1.82) is 0 Å². The Labute approximate surface area is 103 Å². The molecule has 0 spiro atoms. The first-order valence-corrected chi connectivity index (χ1v) is 5.19. The highest BCUT2D eigenvalue weighted by molar-refractivity contribution is 6.06. The van der Waals surface area contributed by atoms with E-state index in [1.807, 2.05) is 66.7 Å². The second-order valence-electron chi connectivity index (χ2n) is 3.47. The molecule has 2 heteroatoms. The predicted molar refractivity (Wildman–Crippen MR) is 72.0 cm³/mol. The van der Waals surface area contributed by atoms with E-state index >= 15 is 0 Å². The second-order valence-corrected chi connectivity index (χ2v) is 3.47. The van der Waals surface area contributed by atoms with Gasteiger partial charge in [-0.3, -0.25) is 4.79 Å². The number of hydrogen-bond donors (Lipinski definition) is 0. The fourth-order valence-electron chi connectivity index (χ4n) is 1.43. The number of allylic oxidation sites excluding steroid dienone is 1. The molecule has 2 rings (SSSR count). The van der Waals surface area contributed by atoms with Gasteiger partial charge in [-0.1, -0.05) is 66.7 Å². The van der Waals surface area contributed by atoms with Crippen LogP contribution in [0.5, 0.6) is 0 Å². The molecule has 0 aliphatic carbocycles. The topological polar surface area (TPSA) is 17.1 Å². The van der Waals surface area contributed by atoms with Gasteiger partial charge in [-0.25, -0.2) is 0 Å². The highest BCUT2D eigenvalue weighted by atomic mass is 16.1. The molecule has 0 amide bonds. The van der Waals surface area contributed by atoms with Crippen LogP contribution in [0.2, 0.25) is 0 Å². The summed E-state index contributed by atoms with van der Waals surface area (Å²) in [5.74, 6) is 0.0319. The number of carbonyl (C=O) groups excluding carboxylic acids is 1. The molecular formula is C15H12BO.